The summed E-state index contributed by atoms with van der Waals surface area (Å²) in [7, 11) is -3.13. The van der Waals surface area contributed by atoms with E-state index in [2.05, 4.69) is 179 Å². The Kier molecular flexibility index (Phi) is 7.33. The Morgan fingerprint density at radius 3 is 1.53 bits per heavy atom. The summed E-state index contributed by atoms with van der Waals surface area (Å²) in [5.41, 5.74) is 15.1. The topological polar surface area (TPSA) is 26.9 Å². The zero-order valence-corrected chi connectivity index (χ0v) is 32.6. The minimum Gasteiger partial charge on any atom is -0.310 e. The van der Waals surface area contributed by atoms with E-state index in [-0.39, 0.29) is 0 Å². The van der Waals surface area contributed by atoms with Crippen LogP contribution in [0.3, 0.4) is 0 Å². The second kappa shape index (κ2) is 12.8. The van der Waals surface area contributed by atoms with Crippen LogP contribution in [-0.2, 0) is 11.0 Å². The molecule has 3 heterocycles. The van der Waals surface area contributed by atoms with Crippen molar-refractivity contribution in [1.82, 2.24) is 9.13 Å². The summed E-state index contributed by atoms with van der Waals surface area (Å²) in [6.07, 6.45) is 6.70. The van der Waals surface area contributed by atoms with Crippen molar-refractivity contribution in [3.8, 4) is 44.8 Å². The van der Waals surface area contributed by atoms with E-state index >= 15 is 4.57 Å². The fourth-order valence-electron chi connectivity index (χ4n) is 9.77. The summed E-state index contributed by atoms with van der Waals surface area (Å²) in [5, 5.41) is 6.49. The summed E-state index contributed by atoms with van der Waals surface area (Å²) >= 11 is 0. The lowest BCUT2D eigenvalue weighted by Crippen LogP contribution is -2.20. The SMILES string of the molecule is O=P1(c2ccccc2)c2ccc(-c3cccc(-n4c5c(c6ccccc64)CCC=C5)c3)cc2-c2cc(-c3cccc(-n4c5ccccc5c5ccccc54)c3)ccc21. The first-order chi connectivity index (χ1) is 28.6. The lowest BCUT2D eigenvalue weighted by Gasteiger charge is -2.16. The van der Waals surface area contributed by atoms with Gasteiger partial charge in [-0.2, -0.15) is 0 Å². The molecule has 0 radical (unpaired) electrons. The summed E-state index contributed by atoms with van der Waals surface area (Å²) in [5.74, 6) is 0. The van der Waals surface area contributed by atoms with Crippen molar-refractivity contribution in [2.24, 2.45) is 0 Å². The van der Waals surface area contributed by atoms with Crippen molar-refractivity contribution in [3.05, 3.63) is 205 Å². The van der Waals surface area contributed by atoms with Crippen LogP contribution in [0.4, 0.5) is 0 Å². The summed E-state index contributed by atoms with van der Waals surface area (Å²) in [6, 6.07) is 66.9. The number of aryl methyl sites for hydroxylation is 1. The number of nitrogens with zero attached hydrogens (tertiary/aromatic N) is 2. The van der Waals surface area contributed by atoms with E-state index in [9.17, 15) is 0 Å². The van der Waals surface area contributed by atoms with Crippen molar-refractivity contribution >= 4 is 61.8 Å². The summed E-state index contributed by atoms with van der Waals surface area (Å²) < 4.78 is 20.4. The van der Waals surface area contributed by atoms with Gasteiger partial charge in [0.1, 0.15) is 0 Å². The van der Waals surface area contributed by atoms with E-state index in [1.807, 2.05) is 30.3 Å². The van der Waals surface area contributed by atoms with Crippen LogP contribution in [0.15, 0.2) is 194 Å². The van der Waals surface area contributed by atoms with Crippen molar-refractivity contribution in [2.45, 2.75) is 12.8 Å². The predicted octanol–water partition coefficient (Wildman–Crippen LogP) is 12.6. The number of benzene rings is 8. The van der Waals surface area contributed by atoms with Gasteiger partial charge >= 0.3 is 0 Å². The third kappa shape index (κ3) is 4.84. The molecule has 0 spiro atoms. The monoisotopic (exact) mass is 760 g/mol. The molecule has 4 heteroatoms. The molecule has 2 aromatic heterocycles. The number of rotatable bonds is 5. The summed E-state index contributed by atoms with van der Waals surface area (Å²) in [4.78, 5) is 0. The van der Waals surface area contributed by atoms with Crippen molar-refractivity contribution in [1.29, 1.82) is 0 Å². The fourth-order valence-corrected chi connectivity index (χ4v) is 12.8. The van der Waals surface area contributed by atoms with Gasteiger partial charge in [-0.3, -0.25) is 0 Å². The number of hydrogen-bond acceptors (Lipinski definition) is 1. The molecule has 0 saturated heterocycles. The van der Waals surface area contributed by atoms with Crippen LogP contribution in [0.5, 0.6) is 0 Å². The standard InChI is InChI=1S/C54H37N2OP/c57-58(42-18-2-1-3-19-42)53-30-28-38(36-14-12-16-40(32-36)55-49-24-8-4-20-43(49)44-21-5-9-25-50(44)55)34-47(53)48-35-39(29-31-54(48)58)37-15-13-17-41(33-37)56-51-26-10-6-22-45(51)46-23-7-11-27-52(46)56/h1-6,8-22,24-35H,7,23H2. The first kappa shape index (κ1) is 33.2. The summed E-state index contributed by atoms with van der Waals surface area (Å²) in [6.45, 7) is 0. The fraction of sp³-hybridized carbons (Fsp3) is 0.0370. The molecule has 0 amide bonds. The van der Waals surface area contributed by atoms with E-state index < -0.39 is 7.14 Å². The molecule has 8 aromatic carbocycles. The van der Waals surface area contributed by atoms with Crippen LogP contribution in [-0.4, -0.2) is 9.13 Å². The first-order valence-corrected chi connectivity index (χ1v) is 21.8. The Morgan fingerprint density at radius 1 is 0.431 bits per heavy atom. The van der Waals surface area contributed by atoms with Gasteiger partial charge in [-0.1, -0.05) is 127 Å². The molecule has 10 aromatic rings. The number of fused-ring (bicyclic) bond motifs is 9. The van der Waals surface area contributed by atoms with Crippen molar-refractivity contribution in [3.63, 3.8) is 0 Å². The highest BCUT2D eigenvalue weighted by molar-refractivity contribution is 7.86. The van der Waals surface area contributed by atoms with Crippen LogP contribution in [0, 0.1) is 0 Å². The average Bonchev–Trinajstić information content (AvgIpc) is 3.90. The van der Waals surface area contributed by atoms with Gasteiger partial charge in [-0.05, 0) is 125 Å². The Labute approximate surface area is 337 Å². The molecular formula is C54H37N2OP. The van der Waals surface area contributed by atoms with E-state index in [0.717, 1.165) is 73.5 Å². The van der Waals surface area contributed by atoms with Gasteiger partial charge in [0.05, 0.1) is 16.6 Å². The van der Waals surface area contributed by atoms with E-state index in [4.69, 9.17) is 0 Å². The van der Waals surface area contributed by atoms with Crippen LogP contribution >= 0.6 is 7.14 Å². The number of allylic oxidation sites excluding steroid dienone is 1. The largest absolute Gasteiger partial charge is 0.310 e. The van der Waals surface area contributed by atoms with Gasteiger partial charge in [-0.15, -0.1) is 0 Å². The van der Waals surface area contributed by atoms with Gasteiger partial charge in [0, 0.05) is 49.1 Å². The lowest BCUT2D eigenvalue weighted by atomic mass is 9.96. The van der Waals surface area contributed by atoms with Crippen LogP contribution in [0.1, 0.15) is 17.7 Å². The van der Waals surface area contributed by atoms with Gasteiger partial charge in [0.2, 0.25) is 0 Å². The first-order valence-electron chi connectivity index (χ1n) is 20.1. The molecule has 2 aliphatic rings. The smallest absolute Gasteiger partial charge is 0.172 e. The Bertz CT molecular complexity index is 3330. The van der Waals surface area contributed by atoms with E-state index in [1.165, 1.54) is 44.0 Å². The van der Waals surface area contributed by atoms with Crippen molar-refractivity contribution < 1.29 is 4.57 Å². The van der Waals surface area contributed by atoms with Gasteiger partial charge in [-0.25, -0.2) is 0 Å². The Balaban J connectivity index is 1.01. The van der Waals surface area contributed by atoms with Gasteiger partial charge in [0.15, 0.2) is 7.14 Å². The zero-order valence-electron chi connectivity index (χ0n) is 31.7. The molecule has 0 bridgehead atoms. The van der Waals surface area contributed by atoms with Gasteiger partial charge in [0.25, 0.3) is 0 Å². The second-order valence-corrected chi connectivity index (χ2v) is 18.2. The molecule has 3 nitrogen and oxygen atoms in total. The lowest BCUT2D eigenvalue weighted by molar-refractivity contribution is 0.593. The van der Waals surface area contributed by atoms with Gasteiger partial charge < -0.3 is 13.7 Å². The van der Waals surface area contributed by atoms with E-state index in [0.29, 0.717) is 0 Å². The molecular weight excluding hydrogens is 724 g/mol. The Morgan fingerprint density at radius 2 is 0.931 bits per heavy atom. The second-order valence-electron chi connectivity index (χ2n) is 15.5. The highest BCUT2D eigenvalue weighted by Gasteiger charge is 2.40. The highest BCUT2D eigenvalue weighted by Crippen LogP contribution is 2.53. The molecule has 0 fully saturated rings. The van der Waals surface area contributed by atoms with Crippen molar-refractivity contribution in [2.75, 3.05) is 0 Å². The highest BCUT2D eigenvalue weighted by atomic mass is 31.2. The van der Waals surface area contributed by atoms with E-state index in [1.54, 1.807) is 0 Å². The molecule has 1 aliphatic heterocycles. The maximum atomic E-state index is 15.7. The third-order valence-corrected chi connectivity index (χ3v) is 15.6. The average molecular weight is 761 g/mol. The molecule has 12 rings (SSSR count). The minimum absolute atomic E-state index is 0.864. The maximum Gasteiger partial charge on any atom is 0.172 e. The van der Waals surface area contributed by atoms with Crippen LogP contribution in [0.25, 0.3) is 83.5 Å². The molecule has 0 N–H and O–H groups in total. The normalized spacial score (nSPS) is 15.5. The molecule has 1 aliphatic carbocycles. The molecule has 58 heavy (non-hydrogen) atoms. The number of aromatic nitrogens is 2. The molecule has 0 saturated carbocycles. The predicted molar refractivity (Wildman–Crippen MR) is 244 cm³/mol. The zero-order chi connectivity index (χ0) is 38.4. The molecule has 1 unspecified atom stereocenters. The third-order valence-electron chi connectivity index (χ3n) is 12.4. The Hall–Kier alpha value is -6.93. The molecule has 274 valence electrons. The maximum absolute atomic E-state index is 15.7. The van der Waals surface area contributed by atoms with Crippen LogP contribution < -0.4 is 15.9 Å². The number of hydrogen-bond donors (Lipinski definition) is 0. The number of para-hydroxylation sites is 3. The van der Waals surface area contributed by atoms with Crippen LogP contribution in [0.2, 0.25) is 0 Å². The quantitative estimate of drug-likeness (QED) is 0.161. The molecule has 1 atom stereocenters. The minimum atomic E-state index is -3.13.